The first-order chi connectivity index (χ1) is 11.6. The smallest absolute Gasteiger partial charge is 0.273 e. The molecule has 7 heteroatoms. The zero-order chi connectivity index (χ0) is 17.1. The van der Waals surface area contributed by atoms with Gasteiger partial charge in [-0.05, 0) is 30.3 Å². The van der Waals surface area contributed by atoms with Crippen molar-refractivity contribution in [3.8, 4) is 17.0 Å². The Hall–Kier alpha value is -2.50. The van der Waals surface area contributed by atoms with E-state index in [0.717, 1.165) is 5.56 Å². The lowest BCUT2D eigenvalue weighted by molar-refractivity contribution is 0.102. The monoisotopic (exact) mass is 361 g/mol. The molecule has 0 atom stereocenters. The van der Waals surface area contributed by atoms with Gasteiger partial charge >= 0.3 is 0 Å². The number of methoxy groups -OCH3 is 1. The number of carbonyl (C=O) groups excluding carboxylic acids is 1. The van der Waals surface area contributed by atoms with Gasteiger partial charge in [0.05, 0.1) is 22.8 Å². The Morgan fingerprint density at radius 3 is 2.62 bits per heavy atom. The van der Waals surface area contributed by atoms with Crippen LogP contribution in [0, 0.1) is 0 Å². The van der Waals surface area contributed by atoms with Gasteiger partial charge in [0.2, 0.25) is 0 Å². The lowest BCUT2D eigenvalue weighted by Crippen LogP contribution is -2.12. The van der Waals surface area contributed by atoms with Gasteiger partial charge in [0.1, 0.15) is 11.4 Å². The number of nitrogens with one attached hydrogen (secondary N) is 2. The SMILES string of the molecule is COc1ccc(NC(=O)c2cc(-c3ccccc3Cl)n[nH]2)cc1Cl. The number of anilines is 1. The summed E-state index contributed by atoms with van der Waals surface area (Å²) in [6.07, 6.45) is 0. The van der Waals surface area contributed by atoms with Crippen LogP contribution in [0.2, 0.25) is 10.0 Å². The third kappa shape index (κ3) is 3.37. The first-order valence-corrected chi connectivity index (χ1v) is 7.79. The fourth-order valence-electron chi connectivity index (χ4n) is 2.19. The molecule has 0 aliphatic heterocycles. The second-order valence-electron chi connectivity index (χ2n) is 4.95. The average Bonchev–Trinajstić information content (AvgIpc) is 3.05. The molecule has 5 nitrogen and oxygen atoms in total. The third-order valence-corrected chi connectivity index (χ3v) is 4.01. The summed E-state index contributed by atoms with van der Waals surface area (Å²) in [6, 6.07) is 13.9. The van der Waals surface area contributed by atoms with Crippen LogP contribution in [-0.2, 0) is 0 Å². The van der Waals surface area contributed by atoms with Gasteiger partial charge in [0.15, 0.2) is 0 Å². The number of nitrogens with zero attached hydrogens (tertiary/aromatic N) is 1. The van der Waals surface area contributed by atoms with Crippen LogP contribution in [0.15, 0.2) is 48.5 Å². The van der Waals surface area contributed by atoms with Crippen molar-refractivity contribution < 1.29 is 9.53 Å². The molecule has 0 bridgehead atoms. The van der Waals surface area contributed by atoms with E-state index in [4.69, 9.17) is 27.9 Å². The van der Waals surface area contributed by atoms with Crippen LogP contribution in [0.5, 0.6) is 5.75 Å². The van der Waals surface area contributed by atoms with Gasteiger partial charge in [-0.1, -0.05) is 41.4 Å². The van der Waals surface area contributed by atoms with Crippen LogP contribution in [0.25, 0.3) is 11.3 Å². The quantitative estimate of drug-likeness (QED) is 0.710. The minimum atomic E-state index is -0.331. The molecule has 0 fully saturated rings. The maximum Gasteiger partial charge on any atom is 0.273 e. The molecule has 24 heavy (non-hydrogen) atoms. The molecule has 3 rings (SSSR count). The van der Waals surface area contributed by atoms with E-state index >= 15 is 0 Å². The summed E-state index contributed by atoms with van der Waals surface area (Å²) in [5.74, 6) is 0.208. The average molecular weight is 362 g/mol. The third-order valence-electron chi connectivity index (χ3n) is 3.38. The van der Waals surface area contributed by atoms with Crippen LogP contribution < -0.4 is 10.1 Å². The van der Waals surface area contributed by atoms with Crippen molar-refractivity contribution in [1.29, 1.82) is 0 Å². The molecular weight excluding hydrogens is 349 g/mol. The first kappa shape index (κ1) is 16.4. The van der Waals surface area contributed by atoms with Crippen molar-refractivity contribution in [3.63, 3.8) is 0 Å². The summed E-state index contributed by atoms with van der Waals surface area (Å²) in [5.41, 5.74) is 2.22. The van der Waals surface area contributed by atoms with Crippen molar-refractivity contribution in [2.75, 3.05) is 12.4 Å². The standard InChI is InChI=1S/C17H13Cl2N3O2/c1-24-16-7-6-10(8-13(16)19)20-17(23)15-9-14(21-22-15)11-4-2-3-5-12(11)18/h2-9H,1H3,(H,20,23)(H,21,22). The fourth-order valence-corrected chi connectivity index (χ4v) is 2.68. The van der Waals surface area contributed by atoms with Gasteiger partial charge in [-0.3, -0.25) is 9.89 Å². The molecule has 1 heterocycles. The van der Waals surface area contributed by atoms with Crippen LogP contribution in [-0.4, -0.2) is 23.2 Å². The molecule has 0 saturated carbocycles. The lowest BCUT2D eigenvalue weighted by Gasteiger charge is -2.07. The number of aromatic amines is 1. The summed E-state index contributed by atoms with van der Waals surface area (Å²) in [5, 5.41) is 10.6. The highest BCUT2D eigenvalue weighted by Crippen LogP contribution is 2.28. The normalized spacial score (nSPS) is 10.5. The molecule has 0 saturated heterocycles. The van der Waals surface area contributed by atoms with E-state index < -0.39 is 0 Å². The Balaban J connectivity index is 1.79. The number of carbonyl (C=O) groups is 1. The maximum absolute atomic E-state index is 12.3. The summed E-state index contributed by atoms with van der Waals surface area (Å²) in [4.78, 5) is 12.3. The van der Waals surface area contributed by atoms with Crippen molar-refractivity contribution in [2.45, 2.75) is 0 Å². The summed E-state index contributed by atoms with van der Waals surface area (Å²) < 4.78 is 5.08. The predicted octanol–water partition coefficient (Wildman–Crippen LogP) is 4.64. The zero-order valence-corrected chi connectivity index (χ0v) is 14.2. The number of amides is 1. The molecule has 0 unspecified atom stereocenters. The molecular formula is C17H13Cl2N3O2. The Bertz CT molecular complexity index is 893. The van der Waals surface area contributed by atoms with Gasteiger partial charge in [0.25, 0.3) is 5.91 Å². The van der Waals surface area contributed by atoms with Gasteiger partial charge < -0.3 is 10.1 Å². The zero-order valence-electron chi connectivity index (χ0n) is 12.6. The van der Waals surface area contributed by atoms with Gasteiger partial charge in [0, 0.05) is 11.3 Å². The largest absolute Gasteiger partial charge is 0.495 e. The highest BCUT2D eigenvalue weighted by atomic mass is 35.5. The number of hydrogen-bond acceptors (Lipinski definition) is 3. The highest BCUT2D eigenvalue weighted by molar-refractivity contribution is 6.33. The van der Waals surface area contributed by atoms with E-state index in [2.05, 4.69) is 15.5 Å². The van der Waals surface area contributed by atoms with Crippen LogP contribution in [0.1, 0.15) is 10.5 Å². The minimum Gasteiger partial charge on any atom is -0.495 e. The molecule has 0 aliphatic carbocycles. The number of halogens is 2. The van der Waals surface area contributed by atoms with Crippen LogP contribution >= 0.6 is 23.2 Å². The summed E-state index contributed by atoms with van der Waals surface area (Å²) in [7, 11) is 1.53. The van der Waals surface area contributed by atoms with Crippen LogP contribution in [0.4, 0.5) is 5.69 Å². The van der Waals surface area contributed by atoms with Gasteiger partial charge in [-0.25, -0.2) is 0 Å². The van der Waals surface area contributed by atoms with E-state index in [1.165, 1.54) is 7.11 Å². The number of H-pyrrole nitrogens is 1. The first-order valence-electron chi connectivity index (χ1n) is 7.03. The molecule has 3 aromatic rings. The van der Waals surface area contributed by atoms with E-state index in [0.29, 0.717) is 32.9 Å². The van der Waals surface area contributed by atoms with Gasteiger partial charge in [-0.2, -0.15) is 5.10 Å². The van der Waals surface area contributed by atoms with Gasteiger partial charge in [-0.15, -0.1) is 0 Å². The van der Waals surface area contributed by atoms with Crippen molar-refractivity contribution in [1.82, 2.24) is 10.2 Å². The lowest BCUT2D eigenvalue weighted by atomic mass is 10.1. The summed E-state index contributed by atoms with van der Waals surface area (Å²) in [6.45, 7) is 0. The number of ether oxygens (including phenoxy) is 1. The minimum absolute atomic E-state index is 0.317. The summed E-state index contributed by atoms with van der Waals surface area (Å²) >= 11 is 12.2. The second kappa shape index (κ2) is 6.95. The molecule has 0 radical (unpaired) electrons. The van der Waals surface area contributed by atoms with Crippen molar-refractivity contribution in [3.05, 3.63) is 64.3 Å². The number of rotatable bonds is 4. The van der Waals surface area contributed by atoms with E-state index in [9.17, 15) is 4.79 Å². The Morgan fingerprint density at radius 1 is 1.12 bits per heavy atom. The predicted molar refractivity (Wildman–Crippen MR) is 95.0 cm³/mol. The molecule has 2 aromatic carbocycles. The molecule has 0 spiro atoms. The Labute approximate surface area is 148 Å². The molecule has 122 valence electrons. The molecule has 1 aromatic heterocycles. The van der Waals surface area contributed by atoms with Crippen LogP contribution in [0.3, 0.4) is 0 Å². The van der Waals surface area contributed by atoms with E-state index in [1.54, 1.807) is 30.3 Å². The number of benzene rings is 2. The topological polar surface area (TPSA) is 67.0 Å². The molecule has 2 N–H and O–H groups in total. The molecule has 0 aliphatic rings. The second-order valence-corrected chi connectivity index (χ2v) is 5.76. The fraction of sp³-hybridized carbons (Fsp3) is 0.0588. The Kier molecular flexibility index (Phi) is 4.74. The number of hydrogen-bond donors (Lipinski definition) is 2. The molecule has 1 amide bonds. The van der Waals surface area contributed by atoms with E-state index in [1.807, 2.05) is 18.2 Å². The highest BCUT2D eigenvalue weighted by Gasteiger charge is 2.13. The Morgan fingerprint density at radius 2 is 1.92 bits per heavy atom. The number of aromatic nitrogens is 2. The van der Waals surface area contributed by atoms with Crippen molar-refractivity contribution >= 4 is 34.8 Å². The maximum atomic E-state index is 12.3. The van der Waals surface area contributed by atoms with Crippen molar-refractivity contribution in [2.24, 2.45) is 0 Å². The van der Waals surface area contributed by atoms with E-state index in [-0.39, 0.29) is 5.91 Å².